The SMILES string of the molecule is CCSC1CCCC1NCc1sc(C)nc1C. The number of hydrogen-bond donors (Lipinski definition) is 1. The Balaban J connectivity index is 1.87. The average Bonchev–Trinajstić information content (AvgIpc) is 2.83. The van der Waals surface area contributed by atoms with Crippen LogP contribution in [-0.2, 0) is 6.54 Å². The van der Waals surface area contributed by atoms with E-state index in [2.05, 4.69) is 42.8 Å². The van der Waals surface area contributed by atoms with Crippen LogP contribution in [0.4, 0.5) is 0 Å². The van der Waals surface area contributed by atoms with Crippen molar-refractivity contribution >= 4 is 23.1 Å². The van der Waals surface area contributed by atoms with E-state index in [0.29, 0.717) is 6.04 Å². The molecule has 2 nitrogen and oxygen atoms in total. The molecule has 2 atom stereocenters. The minimum absolute atomic E-state index is 0.710. The zero-order chi connectivity index (χ0) is 12.3. The van der Waals surface area contributed by atoms with Crippen LogP contribution in [0.1, 0.15) is 41.8 Å². The second-order valence-electron chi connectivity index (χ2n) is 4.65. The summed E-state index contributed by atoms with van der Waals surface area (Å²) in [5, 5.41) is 5.75. The van der Waals surface area contributed by atoms with Crippen molar-refractivity contribution in [1.29, 1.82) is 0 Å². The van der Waals surface area contributed by atoms with Crippen LogP contribution < -0.4 is 5.32 Å². The smallest absolute Gasteiger partial charge is 0.0900 e. The average molecular weight is 270 g/mol. The first kappa shape index (κ1) is 13.4. The van der Waals surface area contributed by atoms with Gasteiger partial charge in [0.25, 0.3) is 0 Å². The van der Waals surface area contributed by atoms with Gasteiger partial charge in [-0.25, -0.2) is 4.98 Å². The first-order valence-electron chi connectivity index (χ1n) is 6.48. The van der Waals surface area contributed by atoms with Crippen molar-refractivity contribution in [3.05, 3.63) is 15.6 Å². The molecule has 4 heteroatoms. The van der Waals surface area contributed by atoms with Gasteiger partial charge in [0.2, 0.25) is 0 Å². The molecule has 96 valence electrons. The number of thioether (sulfide) groups is 1. The molecule has 1 heterocycles. The van der Waals surface area contributed by atoms with E-state index in [4.69, 9.17) is 0 Å². The molecule has 17 heavy (non-hydrogen) atoms. The number of thiazole rings is 1. The molecule has 1 N–H and O–H groups in total. The molecular formula is C13H22N2S2. The van der Waals surface area contributed by atoms with Crippen LogP contribution in [0.25, 0.3) is 0 Å². The molecule has 1 aliphatic rings. The summed E-state index contributed by atoms with van der Waals surface area (Å²) in [4.78, 5) is 5.90. The Morgan fingerprint density at radius 3 is 2.88 bits per heavy atom. The highest BCUT2D eigenvalue weighted by Crippen LogP contribution is 2.30. The van der Waals surface area contributed by atoms with Crippen molar-refractivity contribution in [1.82, 2.24) is 10.3 Å². The maximum Gasteiger partial charge on any atom is 0.0900 e. The van der Waals surface area contributed by atoms with Crippen LogP contribution in [0, 0.1) is 13.8 Å². The predicted molar refractivity (Wildman–Crippen MR) is 78.0 cm³/mol. The summed E-state index contributed by atoms with van der Waals surface area (Å²) in [5.74, 6) is 1.24. The first-order valence-corrected chi connectivity index (χ1v) is 8.35. The van der Waals surface area contributed by atoms with Gasteiger partial charge in [-0.1, -0.05) is 13.3 Å². The molecule has 1 aliphatic carbocycles. The summed E-state index contributed by atoms with van der Waals surface area (Å²) in [6, 6.07) is 0.710. The second kappa shape index (κ2) is 6.21. The third-order valence-electron chi connectivity index (χ3n) is 3.36. The number of hydrogen-bond acceptors (Lipinski definition) is 4. The van der Waals surface area contributed by atoms with E-state index >= 15 is 0 Å². The quantitative estimate of drug-likeness (QED) is 0.886. The summed E-state index contributed by atoms with van der Waals surface area (Å²) >= 11 is 3.95. The summed E-state index contributed by atoms with van der Waals surface area (Å²) in [6.07, 6.45) is 4.11. The van der Waals surface area contributed by atoms with Crippen LogP contribution in [-0.4, -0.2) is 22.0 Å². The summed E-state index contributed by atoms with van der Waals surface area (Å²) in [6.45, 7) is 7.47. The van der Waals surface area contributed by atoms with E-state index in [9.17, 15) is 0 Å². The molecule has 0 aliphatic heterocycles. The maximum absolute atomic E-state index is 4.48. The maximum atomic E-state index is 4.48. The molecule has 2 unspecified atom stereocenters. The Kier molecular flexibility index (Phi) is 4.88. The number of rotatable bonds is 5. The lowest BCUT2D eigenvalue weighted by atomic mass is 10.2. The molecule has 0 bridgehead atoms. The topological polar surface area (TPSA) is 24.9 Å². The highest BCUT2D eigenvalue weighted by Gasteiger charge is 2.26. The lowest BCUT2D eigenvalue weighted by Gasteiger charge is -2.19. The van der Waals surface area contributed by atoms with Crippen LogP contribution in [0.3, 0.4) is 0 Å². The molecule has 1 fully saturated rings. The van der Waals surface area contributed by atoms with Crippen molar-refractivity contribution in [3.8, 4) is 0 Å². The Labute approximate surface area is 113 Å². The lowest BCUT2D eigenvalue weighted by molar-refractivity contribution is 0.534. The van der Waals surface area contributed by atoms with Crippen LogP contribution >= 0.6 is 23.1 Å². The minimum Gasteiger partial charge on any atom is -0.308 e. The van der Waals surface area contributed by atoms with Gasteiger partial charge in [-0.15, -0.1) is 11.3 Å². The normalized spacial score (nSPS) is 24.4. The highest BCUT2D eigenvalue weighted by molar-refractivity contribution is 7.99. The monoisotopic (exact) mass is 270 g/mol. The third-order valence-corrected chi connectivity index (χ3v) is 5.76. The fourth-order valence-corrected chi connectivity index (χ4v) is 4.65. The van der Waals surface area contributed by atoms with Gasteiger partial charge < -0.3 is 5.32 Å². The van der Waals surface area contributed by atoms with E-state index in [1.54, 1.807) is 0 Å². The Bertz CT molecular complexity index is 362. The molecule has 1 aromatic heterocycles. The number of aryl methyl sites for hydroxylation is 2. The van der Waals surface area contributed by atoms with Crippen molar-refractivity contribution in [2.45, 2.75) is 57.9 Å². The number of aromatic nitrogens is 1. The standard InChI is InChI=1S/C13H22N2S2/c1-4-16-12-7-5-6-11(12)14-8-13-9(2)15-10(3)17-13/h11-12,14H,4-8H2,1-3H3. The van der Waals surface area contributed by atoms with Crippen LogP contribution in [0.15, 0.2) is 0 Å². The van der Waals surface area contributed by atoms with E-state index in [-0.39, 0.29) is 0 Å². The number of nitrogens with zero attached hydrogens (tertiary/aromatic N) is 1. The van der Waals surface area contributed by atoms with Gasteiger partial charge in [-0.3, -0.25) is 0 Å². The molecular weight excluding hydrogens is 248 g/mol. The van der Waals surface area contributed by atoms with Gasteiger partial charge in [-0.05, 0) is 32.4 Å². The predicted octanol–water partition coefficient (Wildman–Crippen LogP) is 3.52. The molecule has 0 amide bonds. The van der Waals surface area contributed by atoms with Crippen molar-refractivity contribution < 1.29 is 0 Å². The van der Waals surface area contributed by atoms with Gasteiger partial charge >= 0.3 is 0 Å². The zero-order valence-electron chi connectivity index (χ0n) is 11.0. The molecule has 2 rings (SSSR count). The van der Waals surface area contributed by atoms with Crippen LogP contribution in [0.2, 0.25) is 0 Å². The Hall–Kier alpha value is -0.0600. The fraction of sp³-hybridized carbons (Fsp3) is 0.769. The highest BCUT2D eigenvalue weighted by atomic mass is 32.2. The second-order valence-corrected chi connectivity index (χ2v) is 7.46. The summed E-state index contributed by atoms with van der Waals surface area (Å²) in [7, 11) is 0. The lowest BCUT2D eigenvalue weighted by Crippen LogP contribution is -2.33. The first-order chi connectivity index (χ1) is 8.20. The third kappa shape index (κ3) is 3.46. The van der Waals surface area contributed by atoms with Gasteiger partial charge in [0.05, 0.1) is 10.7 Å². The molecule has 0 aromatic carbocycles. The Morgan fingerprint density at radius 1 is 1.41 bits per heavy atom. The van der Waals surface area contributed by atoms with Crippen LogP contribution in [0.5, 0.6) is 0 Å². The largest absolute Gasteiger partial charge is 0.308 e. The fourth-order valence-electron chi connectivity index (χ4n) is 2.53. The minimum atomic E-state index is 0.710. The van der Waals surface area contributed by atoms with Gasteiger partial charge in [0.15, 0.2) is 0 Å². The molecule has 0 saturated heterocycles. The number of nitrogens with one attached hydrogen (secondary N) is 1. The van der Waals surface area contributed by atoms with Crippen molar-refractivity contribution in [2.75, 3.05) is 5.75 Å². The van der Waals surface area contributed by atoms with Gasteiger partial charge in [0, 0.05) is 22.7 Å². The molecule has 0 radical (unpaired) electrons. The van der Waals surface area contributed by atoms with E-state index in [0.717, 1.165) is 11.8 Å². The van der Waals surface area contributed by atoms with E-state index < -0.39 is 0 Å². The van der Waals surface area contributed by atoms with Gasteiger partial charge in [-0.2, -0.15) is 11.8 Å². The van der Waals surface area contributed by atoms with Crippen molar-refractivity contribution in [3.63, 3.8) is 0 Å². The van der Waals surface area contributed by atoms with E-state index in [1.165, 1.54) is 40.6 Å². The molecule has 1 aromatic rings. The molecule has 0 spiro atoms. The molecule has 1 saturated carbocycles. The summed E-state index contributed by atoms with van der Waals surface area (Å²) < 4.78 is 0. The van der Waals surface area contributed by atoms with Gasteiger partial charge in [0.1, 0.15) is 0 Å². The Morgan fingerprint density at radius 2 is 2.24 bits per heavy atom. The zero-order valence-corrected chi connectivity index (χ0v) is 12.6. The summed E-state index contributed by atoms with van der Waals surface area (Å²) in [5.41, 5.74) is 1.21. The van der Waals surface area contributed by atoms with E-state index in [1.807, 2.05) is 11.3 Å². The van der Waals surface area contributed by atoms with Crippen molar-refractivity contribution in [2.24, 2.45) is 0 Å².